The van der Waals surface area contributed by atoms with Crippen molar-refractivity contribution < 1.29 is 9.53 Å². The predicted octanol–water partition coefficient (Wildman–Crippen LogP) is 1.71. The molecule has 0 saturated carbocycles. The molecule has 0 aliphatic heterocycles. The quantitative estimate of drug-likeness (QED) is 0.558. The van der Waals surface area contributed by atoms with E-state index in [1.54, 1.807) is 4.57 Å². The number of carbonyl (C=O) groups is 1. The Bertz CT molecular complexity index is 505. The molecule has 5 nitrogen and oxygen atoms in total. The third-order valence-corrected chi connectivity index (χ3v) is 3.56. The predicted molar refractivity (Wildman–Crippen MR) is 81.2 cm³/mol. The molecule has 1 aromatic rings. The summed E-state index contributed by atoms with van der Waals surface area (Å²) in [5.74, 6) is -0.00939. The lowest BCUT2D eigenvalue weighted by atomic mass is 10.3. The molecule has 1 heterocycles. The monoisotopic (exact) mass is 298 g/mol. The molecule has 0 aliphatic rings. The largest absolute Gasteiger partial charge is 0.375 e. The standard InChI is InChI=1S/C14H22N2O3S/c1-11(2)9-19-8-6-15-13(17)5-4-7-16-12(3)10-20-14(16)18/h10H,1,4-9H2,2-3H3,(H,15,17). The first-order valence-electron chi connectivity index (χ1n) is 6.64. The maximum absolute atomic E-state index is 11.6. The van der Waals surface area contributed by atoms with Crippen LogP contribution >= 0.6 is 11.3 Å². The lowest BCUT2D eigenvalue weighted by Crippen LogP contribution is -2.27. The molecule has 0 radical (unpaired) electrons. The fourth-order valence-corrected chi connectivity index (χ4v) is 2.43. The minimum Gasteiger partial charge on any atom is -0.375 e. The number of aryl methyl sites for hydroxylation is 1. The molecular weight excluding hydrogens is 276 g/mol. The second kappa shape index (κ2) is 8.71. The first-order chi connectivity index (χ1) is 9.50. The van der Waals surface area contributed by atoms with Gasteiger partial charge in [0.25, 0.3) is 0 Å². The number of amides is 1. The van der Waals surface area contributed by atoms with E-state index in [1.807, 2.05) is 19.2 Å². The third-order valence-electron chi connectivity index (χ3n) is 2.68. The van der Waals surface area contributed by atoms with E-state index in [1.165, 1.54) is 11.3 Å². The molecule has 112 valence electrons. The van der Waals surface area contributed by atoms with Crippen molar-refractivity contribution in [2.45, 2.75) is 33.2 Å². The zero-order chi connectivity index (χ0) is 15.0. The average Bonchev–Trinajstić information content (AvgIpc) is 2.69. The fourth-order valence-electron chi connectivity index (χ4n) is 1.67. The van der Waals surface area contributed by atoms with E-state index < -0.39 is 0 Å². The number of rotatable bonds is 9. The molecule has 0 atom stereocenters. The number of aromatic nitrogens is 1. The van der Waals surface area contributed by atoms with Crippen molar-refractivity contribution >= 4 is 17.2 Å². The van der Waals surface area contributed by atoms with Crippen LogP contribution in [0.1, 0.15) is 25.5 Å². The van der Waals surface area contributed by atoms with Gasteiger partial charge in [-0.2, -0.15) is 0 Å². The molecule has 6 heteroatoms. The highest BCUT2D eigenvalue weighted by atomic mass is 32.1. The van der Waals surface area contributed by atoms with Gasteiger partial charge in [0.15, 0.2) is 0 Å². The van der Waals surface area contributed by atoms with Crippen molar-refractivity contribution in [3.8, 4) is 0 Å². The normalized spacial score (nSPS) is 10.5. The van der Waals surface area contributed by atoms with E-state index in [9.17, 15) is 9.59 Å². The molecule has 1 amide bonds. The molecular formula is C14H22N2O3S. The Labute approximate surface area is 123 Å². The van der Waals surface area contributed by atoms with E-state index in [0.29, 0.717) is 39.1 Å². The highest BCUT2D eigenvalue weighted by Crippen LogP contribution is 2.02. The number of nitrogens with zero attached hydrogens (tertiary/aromatic N) is 1. The van der Waals surface area contributed by atoms with Gasteiger partial charge in [0.2, 0.25) is 5.91 Å². The molecule has 1 N–H and O–H groups in total. The molecule has 0 fully saturated rings. The summed E-state index contributed by atoms with van der Waals surface area (Å²) in [7, 11) is 0. The van der Waals surface area contributed by atoms with Crippen molar-refractivity contribution in [3.05, 3.63) is 32.9 Å². The summed E-state index contributed by atoms with van der Waals surface area (Å²) >= 11 is 1.19. The molecule has 0 aromatic carbocycles. The SMILES string of the molecule is C=C(C)COCCNC(=O)CCCn1c(C)csc1=O. The molecule has 0 unspecified atom stereocenters. The third kappa shape index (κ3) is 6.16. The second-order valence-electron chi connectivity index (χ2n) is 4.76. The molecule has 0 aliphatic carbocycles. The molecule has 20 heavy (non-hydrogen) atoms. The Morgan fingerprint density at radius 1 is 1.55 bits per heavy atom. The topological polar surface area (TPSA) is 60.3 Å². The Morgan fingerprint density at radius 3 is 2.90 bits per heavy atom. The summed E-state index contributed by atoms with van der Waals surface area (Å²) in [5, 5.41) is 4.62. The van der Waals surface area contributed by atoms with Gasteiger partial charge in [-0.25, -0.2) is 0 Å². The lowest BCUT2D eigenvalue weighted by Gasteiger charge is -2.07. The van der Waals surface area contributed by atoms with Crippen LogP contribution in [0.25, 0.3) is 0 Å². The molecule has 0 bridgehead atoms. The summed E-state index contributed by atoms with van der Waals surface area (Å²) in [6, 6.07) is 0. The summed E-state index contributed by atoms with van der Waals surface area (Å²) < 4.78 is 6.98. The van der Waals surface area contributed by atoms with Gasteiger partial charge >= 0.3 is 4.87 Å². The van der Waals surface area contributed by atoms with Crippen molar-refractivity contribution in [2.24, 2.45) is 0 Å². The van der Waals surface area contributed by atoms with Crippen LogP contribution in [-0.4, -0.2) is 30.2 Å². The first-order valence-corrected chi connectivity index (χ1v) is 7.52. The van der Waals surface area contributed by atoms with Gasteiger partial charge < -0.3 is 14.6 Å². The number of thiazole rings is 1. The van der Waals surface area contributed by atoms with Gasteiger partial charge in [-0.1, -0.05) is 23.5 Å². The van der Waals surface area contributed by atoms with Crippen LogP contribution < -0.4 is 10.2 Å². The van der Waals surface area contributed by atoms with Gasteiger partial charge in [-0.05, 0) is 20.3 Å². The summed E-state index contributed by atoms with van der Waals surface area (Å²) in [6.45, 7) is 9.63. The zero-order valence-electron chi connectivity index (χ0n) is 12.1. The van der Waals surface area contributed by atoms with Crippen molar-refractivity contribution in [1.29, 1.82) is 0 Å². The van der Waals surface area contributed by atoms with E-state index in [2.05, 4.69) is 11.9 Å². The van der Waals surface area contributed by atoms with E-state index in [-0.39, 0.29) is 10.8 Å². The number of carbonyl (C=O) groups excluding carboxylic acids is 1. The Morgan fingerprint density at radius 2 is 2.30 bits per heavy atom. The first kappa shape index (κ1) is 16.7. The van der Waals surface area contributed by atoms with Crippen LogP contribution in [0.5, 0.6) is 0 Å². The van der Waals surface area contributed by atoms with Crippen LogP contribution in [0, 0.1) is 6.92 Å². The Hall–Kier alpha value is -1.40. The lowest BCUT2D eigenvalue weighted by molar-refractivity contribution is -0.121. The average molecular weight is 298 g/mol. The maximum atomic E-state index is 11.6. The molecule has 1 aromatic heterocycles. The van der Waals surface area contributed by atoms with Crippen LogP contribution in [0.4, 0.5) is 0 Å². The molecule has 0 saturated heterocycles. The number of ether oxygens (including phenoxy) is 1. The molecule has 0 spiro atoms. The van der Waals surface area contributed by atoms with Gasteiger partial charge in [-0.15, -0.1) is 0 Å². The van der Waals surface area contributed by atoms with E-state index >= 15 is 0 Å². The van der Waals surface area contributed by atoms with Crippen LogP contribution in [0.2, 0.25) is 0 Å². The summed E-state index contributed by atoms with van der Waals surface area (Å²) in [6.07, 6.45) is 1.08. The Balaban J connectivity index is 2.12. The van der Waals surface area contributed by atoms with E-state index in [0.717, 1.165) is 11.3 Å². The number of nitrogens with one attached hydrogen (secondary N) is 1. The summed E-state index contributed by atoms with van der Waals surface area (Å²) in [4.78, 5) is 23.1. The summed E-state index contributed by atoms with van der Waals surface area (Å²) in [5.41, 5.74) is 1.92. The van der Waals surface area contributed by atoms with Crippen LogP contribution in [0.3, 0.4) is 0 Å². The van der Waals surface area contributed by atoms with Gasteiger partial charge in [0.05, 0.1) is 13.2 Å². The smallest absolute Gasteiger partial charge is 0.307 e. The van der Waals surface area contributed by atoms with Crippen molar-refractivity contribution in [3.63, 3.8) is 0 Å². The molecule has 1 rings (SSSR count). The van der Waals surface area contributed by atoms with Crippen molar-refractivity contribution in [1.82, 2.24) is 9.88 Å². The highest BCUT2D eigenvalue weighted by Gasteiger charge is 2.04. The number of hydrogen-bond donors (Lipinski definition) is 1. The number of hydrogen-bond acceptors (Lipinski definition) is 4. The van der Waals surface area contributed by atoms with E-state index in [4.69, 9.17) is 4.74 Å². The second-order valence-corrected chi connectivity index (χ2v) is 5.58. The van der Waals surface area contributed by atoms with Crippen molar-refractivity contribution in [2.75, 3.05) is 19.8 Å². The zero-order valence-corrected chi connectivity index (χ0v) is 12.9. The highest BCUT2D eigenvalue weighted by molar-refractivity contribution is 7.07. The Kier molecular flexibility index (Phi) is 7.25. The minimum atomic E-state index is -0.00939. The van der Waals surface area contributed by atoms with Gasteiger partial charge in [0, 0.05) is 30.6 Å². The van der Waals surface area contributed by atoms with Crippen LogP contribution in [0.15, 0.2) is 22.3 Å². The fraction of sp³-hybridized carbons (Fsp3) is 0.571. The maximum Gasteiger partial charge on any atom is 0.307 e. The van der Waals surface area contributed by atoms with Gasteiger partial charge in [0.1, 0.15) is 0 Å². The van der Waals surface area contributed by atoms with Gasteiger partial charge in [-0.3, -0.25) is 9.59 Å². The minimum absolute atomic E-state index is 0.00939. The van der Waals surface area contributed by atoms with Crippen LogP contribution in [-0.2, 0) is 16.1 Å².